The van der Waals surface area contributed by atoms with Gasteiger partial charge in [0.1, 0.15) is 23.8 Å². The lowest BCUT2D eigenvalue weighted by Gasteiger charge is -2.45. The van der Waals surface area contributed by atoms with E-state index in [1.54, 1.807) is 12.5 Å². The van der Waals surface area contributed by atoms with E-state index in [0.29, 0.717) is 18.2 Å². The summed E-state index contributed by atoms with van der Waals surface area (Å²) in [5.74, 6) is 3.83. The van der Waals surface area contributed by atoms with Crippen LogP contribution in [0.15, 0.2) is 18.6 Å². The number of anilines is 2. The molecule has 2 aromatic heterocycles. The van der Waals surface area contributed by atoms with Crippen LogP contribution in [0.3, 0.4) is 0 Å². The molecule has 0 spiro atoms. The molecule has 2 aromatic rings. The quantitative estimate of drug-likeness (QED) is 0.855. The van der Waals surface area contributed by atoms with E-state index in [2.05, 4.69) is 43.6 Å². The summed E-state index contributed by atoms with van der Waals surface area (Å²) >= 11 is 0. The molecule has 2 fully saturated rings. The Balaban J connectivity index is 1.52. The third-order valence-corrected chi connectivity index (χ3v) is 5.01. The average molecular weight is 355 g/mol. The number of hydrogen-bond donors (Lipinski definition) is 1. The molecule has 4 rings (SSSR count). The van der Waals surface area contributed by atoms with Gasteiger partial charge in [-0.1, -0.05) is 0 Å². The van der Waals surface area contributed by atoms with E-state index in [1.165, 1.54) is 12.8 Å². The fourth-order valence-corrected chi connectivity index (χ4v) is 3.68. The molecule has 3 heterocycles. The van der Waals surface area contributed by atoms with E-state index in [4.69, 9.17) is 10.1 Å². The highest BCUT2D eigenvalue weighted by Crippen LogP contribution is 2.38. The number of hydrogen-bond acceptors (Lipinski definition) is 8. The topological polar surface area (TPSA) is 91.2 Å². The zero-order chi connectivity index (χ0) is 18.1. The van der Waals surface area contributed by atoms with Crippen molar-refractivity contribution in [1.82, 2.24) is 24.9 Å². The molecule has 0 unspecified atom stereocenters. The van der Waals surface area contributed by atoms with E-state index in [-0.39, 0.29) is 18.7 Å². The molecule has 26 heavy (non-hydrogen) atoms. The lowest BCUT2D eigenvalue weighted by atomic mass is 10.1. The van der Waals surface area contributed by atoms with Gasteiger partial charge in [0.25, 0.3) is 0 Å². The molecule has 0 bridgehead atoms. The molecule has 0 radical (unpaired) electrons. The van der Waals surface area contributed by atoms with Crippen LogP contribution in [0.5, 0.6) is 0 Å². The lowest BCUT2D eigenvalue weighted by molar-refractivity contribution is 0.296. The first-order valence-electron chi connectivity index (χ1n) is 9.30. The largest absolute Gasteiger partial charge is 0.396 e. The lowest BCUT2D eigenvalue weighted by Crippen LogP contribution is -2.57. The normalized spacial score (nSPS) is 23.3. The summed E-state index contributed by atoms with van der Waals surface area (Å²) in [5, 5.41) is 9.13. The number of aliphatic hydroxyl groups is 1. The van der Waals surface area contributed by atoms with Crippen LogP contribution >= 0.6 is 0 Å². The third kappa shape index (κ3) is 3.46. The SMILES string of the molecule is C[C@@H]1CN(c2ncnc(C3CC3)n2)C[C@@H](C)N1c1ccnc(CCO)n1. The van der Waals surface area contributed by atoms with Crippen LogP contribution in [0.25, 0.3) is 0 Å². The minimum Gasteiger partial charge on any atom is -0.396 e. The highest BCUT2D eigenvalue weighted by atomic mass is 16.3. The van der Waals surface area contributed by atoms with Gasteiger partial charge in [-0.25, -0.2) is 19.9 Å². The number of aromatic nitrogens is 5. The van der Waals surface area contributed by atoms with Crippen molar-refractivity contribution < 1.29 is 5.11 Å². The highest BCUT2D eigenvalue weighted by Gasteiger charge is 2.33. The highest BCUT2D eigenvalue weighted by molar-refractivity contribution is 5.45. The van der Waals surface area contributed by atoms with Crippen molar-refractivity contribution in [2.45, 2.75) is 51.1 Å². The Labute approximate surface area is 153 Å². The zero-order valence-corrected chi connectivity index (χ0v) is 15.3. The molecule has 1 aliphatic carbocycles. The van der Waals surface area contributed by atoms with E-state index in [9.17, 15) is 0 Å². The molecule has 0 aromatic carbocycles. The molecule has 1 N–H and O–H groups in total. The second-order valence-corrected chi connectivity index (χ2v) is 7.23. The van der Waals surface area contributed by atoms with Crippen molar-refractivity contribution in [2.24, 2.45) is 0 Å². The Bertz CT molecular complexity index is 755. The van der Waals surface area contributed by atoms with Gasteiger partial charge in [-0.3, -0.25) is 0 Å². The first-order valence-corrected chi connectivity index (χ1v) is 9.30. The Hall–Kier alpha value is -2.35. The Morgan fingerprint density at radius 2 is 1.85 bits per heavy atom. The van der Waals surface area contributed by atoms with Crippen LogP contribution < -0.4 is 9.80 Å². The predicted molar refractivity (Wildman–Crippen MR) is 98.2 cm³/mol. The second-order valence-electron chi connectivity index (χ2n) is 7.23. The van der Waals surface area contributed by atoms with Crippen molar-refractivity contribution in [2.75, 3.05) is 29.5 Å². The predicted octanol–water partition coefficient (Wildman–Crippen LogP) is 1.18. The minimum absolute atomic E-state index is 0.0606. The monoisotopic (exact) mass is 355 g/mol. The standard InChI is InChI=1S/C18H25N7O/c1-12-9-24(18-21-11-20-17(23-18)14-3-4-14)10-13(2)25(12)16-5-7-19-15(22-16)6-8-26/h5,7,11-14,26H,3-4,6,8-10H2,1-2H3/t12-,13-/m1/s1. The summed E-state index contributed by atoms with van der Waals surface area (Å²) < 4.78 is 0. The third-order valence-electron chi connectivity index (χ3n) is 5.01. The molecule has 8 nitrogen and oxygen atoms in total. The van der Waals surface area contributed by atoms with Crippen molar-refractivity contribution in [1.29, 1.82) is 0 Å². The van der Waals surface area contributed by atoms with Crippen LogP contribution in [0.4, 0.5) is 11.8 Å². The van der Waals surface area contributed by atoms with E-state index in [1.807, 2.05) is 6.07 Å². The summed E-state index contributed by atoms with van der Waals surface area (Å²) in [7, 11) is 0. The van der Waals surface area contributed by atoms with E-state index < -0.39 is 0 Å². The molecule has 2 aliphatic rings. The Kier molecular flexibility index (Phi) is 4.67. The molecular weight excluding hydrogens is 330 g/mol. The maximum absolute atomic E-state index is 9.13. The van der Waals surface area contributed by atoms with E-state index in [0.717, 1.165) is 30.7 Å². The van der Waals surface area contributed by atoms with Gasteiger partial charge in [0.05, 0.1) is 6.61 Å². The van der Waals surface area contributed by atoms with Crippen LogP contribution in [-0.4, -0.2) is 61.8 Å². The number of piperazine rings is 1. The molecular formula is C18H25N7O. The molecule has 1 saturated heterocycles. The number of aliphatic hydroxyl groups excluding tert-OH is 1. The van der Waals surface area contributed by atoms with E-state index >= 15 is 0 Å². The first-order chi connectivity index (χ1) is 12.7. The zero-order valence-electron chi connectivity index (χ0n) is 15.3. The fourth-order valence-electron chi connectivity index (χ4n) is 3.68. The van der Waals surface area contributed by atoms with Gasteiger partial charge in [-0.15, -0.1) is 0 Å². The van der Waals surface area contributed by atoms with Crippen LogP contribution in [0, 0.1) is 0 Å². The first kappa shape index (κ1) is 17.1. The van der Waals surface area contributed by atoms with Crippen LogP contribution in [0.2, 0.25) is 0 Å². The van der Waals surface area contributed by atoms with Gasteiger partial charge in [-0.05, 0) is 32.8 Å². The number of nitrogens with zero attached hydrogens (tertiary/aromatic N) is 7. The molecule has 1 saturated carbocycles. The Morgan fingerprint density at radius 1 is 1.08 bits per heavy atom. The molecule has 138 valence electrons. The van der Waals surface area contributed by atoms with Crippen molar-refractivity contribution in [3.05, 3.63) is 30.2 Å². The summed E-state index contributed by atoms with van der Waals surface area (Å²) in [4.78, 5) is 26.9. The Morgan fingerprint density at radius 3 is 2.54 bits per heavy atom. The summed E-state index contributed by atoms with van der Waals surface area (Å²) in [6, 6.07) is 2.46. The molecule has 0 amide bonds. The van der Waals surface area contributed by atoms with Gasteiger partial charge >= 0.3 is 0 Å². The van der Waals surface area contributed by atoms with Gasteiger partial charge in [0.15, 0.2) is 0 Å². The van der Waals surface area contributed by atoms with Gasteiger partial charge < -0.3 is 14.9 Å². The second kappa shape index (κ2) is 7.11. The summed E-state index contributed by atoms with van der Waals surface area (Å²) in [6.07, 6.45) is 6.27. The maximum atomic E-state index is 9.13. The fraction of sp³-hybridized carbons (Fsp3) is 0.611. The summed E-state index contributed by atoms with van der Waals surface area (Å²) in [5.41, 5.74) is 0. The summed E-state index contributed by atoms with van der Waals surface area (Å²) in [6.45, 7) is 6.11. The number of rotatable bonds is 5. The van der Waals surface area contributed by atoms with Crippen molar-refractivity contribution in [3.8, 4) is 0 Å². The minimum atomic E-state index is 0.0606. The maximum Gasteiger partial charge on any atom is 0.228 e. The van der Waals surface area contributed by atoms with Crippen molar-refractivity contribution in [3.63, 3.8) is 0 Å². The van der Waals surface area contributed by atoms with Crippen molar-refractivity contribution >= 4 is 11.8 Å². The van der Waals surface area contributed by atoms with Gasteiger partial charge in [0.2, 0.25) is 5.95 Å². The molecule has 1 aliphatic heterocycles. The average Bonchev–Trinajstić information content (AvgIpc) is 3.47. The van der Waals surface area contributed by atoms with Gasteiger partial charge in [0, 0.05) is 43.7 Å². The van der Waals surface area contributed by atoms with Crippen LogP contribution in [-0.2, 0) is 6.42 Å². The molecule has 2 atom stereocenters. The van der Waals surface area contributed by atoms with Gasteiger partial charge in [-0.2, -0.15) is 4.98 Å². The van der Waals surface area contributed by atoms with Crippen LogP contribution in [0.1, 0.15) is 44.3 Å². The molecule has 8 heteroatoms. The smallest absolute Gasteiger partial charge is 0.228 e.